The third-order valence-electron chi connectivity index (χ3n) is 8.92. The lowest BCUT2D eigenvalue weighted by atomic mass is 9.92. The Hall–Kier alpha value is -5.87. The standard InChI is InChI=1S/C39H23N3O/c1-2-14-29-27(12-1)28-13-3-4-15-30(28)33-23-25(20-21-31(29)33)24-10-9-11-26(22-24)41-34-17-6-7-18-35(34)42-37-32-16-5-8-19-36(32)43-38(37)40-39(41)42/h1-23H. The van der Waals surface area contributed by atoms with Gasteiger partial charge in [-0.1, -0.05) is 97.1 Å². The Bertz CT molecular complexity index is 2710. The number of hydrogen-bond donors (Lipinski definition) is 0. The van der Waals surface area contributed by atoms with Gasteiger partial charge in [0.25, 0.3) is 0 Å². The molecule has 10 rings (SSSR count). The predicted octanol–water partition coefficient (Wildman–Crippen LogP) is 10.3. The van der Waals surface area contributed by atoms with E-state index in [2.05, 4.69) is 136 Å². The van der Waals surface area contributed by atoms with Crippen molar-refractivity contribution in [3.63, 3.8) is 0 Å². The Labute approximate surface area is 245 Å². The number of benzene rings is 7. The lowest BCUT2D eigenvalue weighted by molar-refractivity contribution is 0.656. The number of furan rings is 1. The maximum Gasteiger partial charge on any atom is 0.248 e. The van der Waals surface area contributed by atoms with E-state index in [0.29, 0.717) is 5.71 Å². The topological polar surface area (TPSA) is 35.4 Å². The van der Waals surface area contributed by atoms with Crippen molar-refractivity contribution in [1.29, 1.82) is 0 Å². The SMILES string of the molecule is c1cc(-c2ccc3c4ccccc4c4ccccc4c3c2)cc(-n2c3ccccc3n3c4c(nc23)oc2ccccc24)c1. The van der Waals surface area contributed by atoms with Crippen LogP contribution < -0.4 is 0 Å². The Morgan fingerprint density at radius 1 is 0.465 bits per heavy atom. The fourth-order valence-electron chi connectivity index (χ4n) is 7.05. The number of aromatic nitrogens is 3. The van der Waals surface area contributed by atoms with E-state index in [0.717, 1.165) is 44.5 Å². The van der Waals surface area contributed by atoms with Crippen LogP contribution in [0.2, 0.25) is 0 Å². The van der Waals surface area contributed by atoms with Crippen LogP contribution in [0.3, 0.4) is 0 Å². The Morgan fingerprint density at radius 2 is 1.07 bits per heavy atom. The van der Waals surface area contributed by atoms with E-state index in [1.54, 1.807) is 0 Å². The van der Waals surface area contributed by atoms with E-state index in [1.807, 2.05) is 12.1 Å². The zero-order chi connectivity index (χ0) is 28.1. The van der Waals surface area contributed by atoms with Crippen LogP contribution in [0.4, 0.5) is 0 Å². The maximum absolute atomic E-state index is 6.19. The first-order valence-corrected chi connectivity index (χ1v) is 14.6. The minimum atomic E-state index is 0.653. The summed E-state index contributed by atoms with van der Waals surface area (Å²) in [5.41, 5.74) is 8.12. The average Bonchev–Trinajstić information content (AvgIpc) is 3.71. The third kappa shape index (κ3) is 3.07. The molecule has 3 heterocycles. The summed E-state index contributed by atoms with van der Waals surface area (Å²) in [7, 11) is 0. The Kier molecular flexibility index (Phi) is 4.42. The van der Waals surface area contributed by atoms with Crippen LogP contribution >= 0.6 is 0 Å². The first-order chi connectivity index (χ1) is 21.3. The molecule has 4 nitrogen and oxygen atoms in total. The van der Waals surface area contributed by atoms with E-state index in [-0.39, 0.29) is 0 Å². The lowest BCUT2D eigenvalue weighted by Gasteiger charge is -2.13. The van der Waals surface area contributed by atoms with Crippen molar-refractivity contribution in [2.75, 3.05) is 0 Å². The van der Waals surface area contributed by atoms with Gasteiger partial charge in [0.2, 0.25) is 11.5 Å². The molecular formula is C39H23N3O. The Balaban J connectivity index is 1.22. The maximum atomic E-state index is 6.19. The molecule has 3 aromatic heterocycles. The molecule has 0 radical (unpaired) electrons. The molecule has 7 aromatic carbocycles. The van der Waals surface area contributed by atoms with Crippen molar-refractivity contribution in [1.82, 2.24) is 14.0 Å². The molecule has 10 aromatic rings. The number of rotatable bonds is 2. The van der Waals surface area contributed by atoms with Gasteiger partial charge in [0.15, 0.2) is 0 Å². The molecule has 0 saturated heterocycles. The number of nitrogens with zero attached hydrogens (tertiary/aromatic N) is 3. The predicted molar refractivity (Wildman–Crippen MR) is 177 cm³/mol. The highest BCUT2D eigenvalue weighted by atomic mass is 16.3. The van der Waals surface area contributed by atoms with Gasteiger partial charge in [-0.2, -0.15) is 4.98 Å². The molecular weight excluding hydrogens is 526 g/mol. The molecule has 0 aliphatic carbocycles. The zero-order valence-corrected chi connectivity index (χ0v) is 23.0. The number of hydrogen-bond acceptors (Lipinski definition) is 2. The molecule has 0 aliphatic rings. The van der Waals surface area contributed by atoms with Crippen molar-refractivity contribution >= 4 is 71.3 Å². The van der Waals surface area contributed by atoms with Gasteiger partial charge in [-0.25, -0.2) is 0 Å². The molecule has 0 fully saturated rings. The highest BCUT2D eigenvalue weighted by Crippen LogP contribution is 2.38. The van der Waals surface area contributed by atoms with Crippen LogP contribution in [-0.2, 0) is 0 Å². The summed E-state index contributed by atoms with van der Waals surface area (Å²) in [4.78, 5) is 5.03. The Morgan fingerprint density at radius 3 is 1.84 bits per heavy atom. The molecule has 0 atom stereocenters. The van der Waals surface area contributed by atoms with Crippen molar-refractivity contribution in [3.8, 4) is 16.8 Å². The summed E-state index contributed by atoms with van der Waals surface area (Å²) in [6.07, 6.45) is 0. The third-order valence-corrected chi connectivity index (χ3v) is 8.92. The molecule has 0 unspecified atom stereocenters. The molecule has 0 amide bonds. The summed E-state index contributed by atoms with van der Waals surface area (Å²) >= 11 is 0. The zero-order valence-electron chi connectivity index (χ0n) is 23.0. The summed E-state index contributed by atoms with van der Waals surface area (Å²) in [5.74, 6) is 0.842. The molecule has 200 valence electrons. The molecule has 43 heavy (non-hydrogen) atoms. The summed E-state index contributed by atoms with van der Waals surface area (Å²) in [6, 6.07) is 49.8. The minimum Gasteiger partial charge on any atom is -0.436 e. The van der Waals surface area contributed by atoms with Gasteiger partial charge >= 0.3 is 0 Å². The van der Waals surface area contributed by atoms with Gasteiger partial charge in [-0.3, -0.25) is 8.97 Å². The van der Waals surface area contributed by atoms with Gasteiger partial charge in [-0.05, 0) is 85.9 Å². The van der Waals surface area contributed by atoms with Crippen molar-refractivity contribution in [3.05, 3.63) is 140 Å². The van der Waals surface area contributed by atoms with Crippen LogP contribution in [0.1, 0.15) is 0 Å². The van der Waals surface area contributed by atoms with Crippen LogP contribution in [0.15, 0.2) is 144 Å². The van der Waals surface area contributed by atoms with Gasteiger partial charge in [0.05, 0.1) is 11.0 Å². The van der Waals surface area contributed by atoms with Gasteiger partial charge in [-0.15, -0.1) is 0 Å². The summed E-state index contributed by atoms with van der Waals surface area (Å²) in [5, 5.41) is 8.76. The second-order valence-corrected chi connectivity index (χ2v) is 11.2. The van der Waals surface area contributed by atoms with E-state index in [1.165, 1.54) is 37.9 Å². The van der Waals surface area contributed by atoms with Gasteiger partial charge in [0, 0.05) is 11.1 Å². The van der Waals surface area contributed by atoms with E-state index < -0.39 is 0 Å². The average molecular weight is 550 g/mol. The molecule has 0 aliphatic heterocycles. The summed E-state index contributed by atoms with van der Waals surface area (Å²) in [6.45, 7) is 0. The smallest absolute Gasteiger partial charge is 0.248 e. The van der Waals surface area contributed by atoms with Gasteiger partial charge < -0.3 is 4.42 Å². The van der Waals surface area contributed by atoms with Crippen LogP contribution in [-0.4, -0.2) is 14.0 Å². The normalized spacial score (nSPS) is 12.2. The molecule has 0 bridgehead atoms. The fourth-order valence-corrected chi connectivity index (χ4v) is 7.05. The first kappa shape index (κ1) is 22.8. The van der Waals surface area contributed by atoms with E-state index in [9.17, 15) is 0 Å². The molecule has 0 N–H and O–H groups in total. The largest absolute Gasteiger partial charge is 0.436 e. The van der Waals surface area contributed by atoms with Crippen LogP contribution in [0.5, 0.6) is 0 Å². The number of para-hydroxylation sites is 3. The molecule has 0 spiro atoms. The highest BCUT2D eigenvalue weighted by molar-refractivity contribution is 6.25. The lowest BCUT2D eigenvalue weighted by Crippen LogP contribution is -1.95. The van der Waals surface area contributed by atoms with Gasteiger partial charge in [0.1, 0.15) is 11.1 Å². The fraction of sp³-hybridized carbons (Fsp3) is 0. The minimum absolute atomic E-state index is 0.653. The molecule has 4 heteroatoms. The second-order valence-electron chi connectivity index (χ2n) is 11.2. The second kappa shape index (κ2) is 8.34. The summed E-state index contributed by atoms with van der Waals surface area (Å²) < 4.78 is 10.7. The number of fused-ring (bicyclic) bond motifs is 13. The van der Waals surface area contributed by atoms with Crippen molar-refractivity contribution in [2.24, 2.45) is 0 Å². The number of imidazole rings is 2. The van der Waals surface area contributed by atoms with E-state index in [4.69, 9.17) is 9.40 Å². The first-order valence-electron chi connectivity index (χ1n) is 14.6. The van der Waals surface area contributed by atoms with Crippen LogP contribution in [0, 0.1) is 0 Å². The van der Waals surface area contributed by atoms with Crippen LogP contribution in [0.25, 0.3) is 88.1 Å². The highest BCUT2D eigenvalue weighted by Gasteiger charge is 2.21. The quantitative estimate of drug-likeness (QED) is 0.201. The molecule has 0 saturated carbocycles. The van der Waals surface area contributed by atoms with Crippen molar-refractivity contribution in [2.45, 2.75) is 0 Å². The monoisotopic (exact) mass is 549 g/mol. The van der Waals surface area contributed by atoms with E-state index >= 15 is 0 Å². The van der Waals surface area contributed by atoms with Crippen molar-refractivity contribution < 1.29 is 4.42 Å².